The van der Waals surface area contributed by atoms with Crippen LogP contribution in [0.5, 0.6) is 5.75 Å². The highest BCUT2D eigenvalue weighted by atomic mass is 32.2. The third-order valence-electron chi connectivity index (χ3n) is 6.15. The number of ether oxygens (including phenoxy) is 2. The van der Waals surface area contributed by atoms with Gasteiger partial charge in [-0.05, 0) is 55.5 Å². The number of amides is 1. The van der Waals surface area contributed by atoms with Crippen LogP contribution in [0.3, 0.4) is 0 Å². The molecule has 0 aliphatic carbocycles. The Morgan fingerprint density at radius 1 is 0.943 bits per heavy atom. The SMILES string of the molecule is Cc1ccc(S(=O)(=O)N2C[C@@H](C(=O)Nc3ccc(N4CCOCC4)cc3)Oc3ccccc32)cc1. The van der Waals surface area contributed by atoms with Crippen molar-refractivity contribution in [2.45, 2.75) is 17.9 Å². The van der Waals surface area contributed by atoms with Crippen LogP contribution in [-0.4, -0.2) is 53.3 Å². The van der Waals surface area contributed by atoms with E-state index in [4.69, 9.17) is 9.47 Å². The minimum Gasteiger partial charge on any atom is -0.476 e. The Morgan fingerprint density at radius 3 is 2.34 bits per heavy atom. The second-order valence-electron chi connectivity index (χ2n) is 8.56. The van der Waals surface area contributed by atoms with Gasteiger partial charge in [0.2, 0.25) is 0 Å². The summed E-state index contributed by atoms with van der Waals surface area (Å²) in [6.45, 7) is 4.81. The lowest BCUT2D eigenvalue weighted by atomic mass is 10.2. The number of hydrogen-bond acceptors (Lipinski definition) is 6. The van der Waals surface area contributed by atoms with Crippen molar-refractivity contribution >= 4 is 33.0 Å². The van der Waals surface area contributed by atoms with Crippen LogP contribution in [0.15, 0.2) is 77.7 Å². The van der Waals surface area contributed by atoms with Crippen LogP contribution < -0.4 is 19.3 Å². The predicted molar refractivity (Wildman–Crippen MR) is 135 cm³/mol. The monoisotopic (exact) mass is 493 g/mol. The van der Waals surface area contributed by atoms with Gasteiger partial charge in [-0.3, -0.25) is 9.10 Å². The summed E-state index contributed by atoms with van der Waals surface area (Å²) >= 11 is 0. The maximum atomic E-state index is 13.5. The molecule has 1 fully saturated rings. The van der Waals surface area contributed by atoms with Crippen molar-refractivity contribution < 1.29 is 22.7 Å². The number of hydrogen-bond donors (Lipinski definition) is 1. The number of aryl methyl sites for hydroxylation is 1. The first-order valence-electron chi connectivity index (χ1n) is 11.5. The quantitative estimate of drug-likeness (QED) is 0.586. The van der Waals surface area contributed by atoms with Crippen molar-refractivity contribution in [1.82, 2.24) is 0 Å². The standard InChI is InChI=1S/C26H27N3O5S/c1-19-6-12-22(13-7-19)35(31,32)29-18-25(34-24-5-3-2-4-23(24)29)26(30)27-20-8-10-21(11-9-20)28-14-16-33-17-15-28/h2-13,25H,14-18H2,1H3,(H,27,30)/t25-/m0/s1. The molecule has 9 heteroatoms. The minimum atomic E-state index is -3.89. The first kappa shape index (κ1) is 23.2. The van der Waals surface area contributed by atoms with Gasteiger partial charge in [0, 0.05) is 24.5 Å². The predicted octanol–water partition coefficient (Wildman–Crippen LogP) is 3.43. The summed E-state index contributed by atoms with van der Waals surface area (Å²) in [5, 5.41) is 2.86. The normalized spacial score (nSPS) is 17.9. The van der Waals surface area contributed by atoms with Gasteiger partial charge in [0.05, 0.1) is 30.3 Å². The van der Waals surface area contributed by atoms with E-state index in [2.05, 4.69) is 10.2 Å². The fraction of sp³-hybridized carbons (Fsp3) is 0.269. The molecule has 1 amide bonds. The molecule has 1 N–H and O–H groups in total. The fourth-order valence-electron chi connectivity index (χ4n) is 4.20. The van der Waals surface area contributed by atoms with Crippen molar-refractivity contribution in [2.75, 3.05) is 47.4 Å². The van der Waals surface area contributed by atoms with E-state index < -0.39 is 22.0 Å². The maximum absolute atomic E-state index is 13.5. The van der Waals surface area contributed by atoms with Gasteiger partial charge in [0.25, 0.3) is 15.9 Å². The van der Waals surface area contributed by atoms with Gasteiger partial charge in [-0.25, -0.2) is 8.42 Å². The molecule has 35 heavy (non-hydrogen) atoms. The third kappa shape index (κ3) is 4.82. The number of carbonyl (C=O) groups excluding carboxylic acids is 1. The van der Waals surface area contributed by atoms with Crippen LogP contribution in [0.4, 0.5) is 17.1 Å². The summed E-state index contributed by atoms with van der Waals surface area (Å²) in [6.07, 6.45) is -1.01. The first-order chi connectivity index (χ1) is 16.9. The molecule has 5 rings (SSSR count). The molecule has 0 saturated carbocycles. The Balaban J connectivity index is 1.36. The van der Waals surface area contributed by atoms with Crippen LogP contribution >= 0.6 is 0 Å². The van der Waals surface area contributed by atoms with E-state index in [0.717, 1.165) is 24.3 Å². The molecule has 8 nitrogen and oxygen atoms in total. The molecule has 0 spiro atoms. The van der Waals surface area contributed by atoms with Gasteiger partial charge < -0.3 is 19.7 Å². The number of sulfonamides is 1. The topological polar surface area (TPSA) is 88.2 Å². The van der Waals surface area contributed by atoms with Gasteiger partial charge in [-0.15, -0.1) is 0 Å². The largest absolute Gasteiger partial charge is 0.476 e. The number of carbonyl (C=O) groups is 1. The molecule has 2 aliphatic rings. The Labute approximate surface area is 205 Å². The number of anilines is 3. The molecule has 182 valence electrons. The Bertz CT molecular complexity index is 1300. The van der Waals surface area contributed by atoms with E-state index in [9.17, 15) is 13.2 Å². The summed E-state index contributed by atoms with van der Waals surface area (Å²) in [4.78, 5) is 15.5. The number of benzene rings is 3. The summed E-state index contributed by atoms with van der Waals surface area (Å²) in [5.74, 6) is -0.0695. The number of para-hydroxylation sites is 2. The van der Waals surface area contributed by atoms with E-state index >= 15 is 0 Å². The Hall–Kier alpha value is -3.56. The Morgan fingerprint density at radius 2 is 1.63 bits per heavy atom. The molecule has 0 radical (unpaired) electrons. The molecule has 1 saturated heterocycles. The molecular weight excluding hydrogens is 466 g/mol. The Kier molecular flexibility index (Phi) is 6.36. The van der Waals surface area contributed by atoms with E-state index in [1.807, 2.05) is 31.2 Å². The van der Waals surface area contributed by atoms with Crippen molar-refractivity contribution in [2.24, 2.45) is 0 Å². The zero-order valence-corrected chi connectivity index (χ0v) is 20.2. The molecule has 0 bridgehead atoms. The highest BCUT2D eigenvalue weighted by Crippen LogP contribution is 2.37. The zero-order chi connectivity index (χ0) is 24.4. The summed E-state index contributed by atoms with van der Waals surface area (Å²) in [7, 11) is -3.89. The number of rotatable bonds is 5. The van der Waals surface area contributed by atoms with Crippen molar-refractivity contribution in [3.8, 4) is 5.75 Å². The van der Waals surface area contributed by atoms with Crippen molar-refractivity contribution in [1.29, 1.82) is 0 Å². The smallest absolute Gasteiger partial charge is 0.267 e. The zero-order valence-electron chi connectivity index (χ0n) is 19.4. The summed E-state index contributed by atoms with van der Waals surface area (Å²) < 4.78 is 39.6. The highest BCUT2D eigenvalue weighted by molar-refractivity contribution is 7.92. The van der Waals surface area contributed by atoms with Crippen LogP contribution in [0, 0.1) is 6.92 Å². The van der Waals surface area contributed by atoms with Crippen LogP contribution in [0.2, 0.25) is 0 Å². The number of nitrogens with one attached hydrogen (secondary N) is 1. The second-order valence-corrected chi connectivity index (χ2v) is 10.4. The van der Waals surface area contributed by atoms with Gasteiger partial charge >= 0.3 is 0 Å². The molecule has 3 aromatic carbocycles. The average molecular weight is 494 g/mol. The lowest BCUT2D eigenvalue weighted by Crippen LogP contribution is -2.48. The fourth-order valence-corrected chi connectivity index (χ4v) is 5.68. The van der Waals surface area contributed by atoms with Crippen LogP contribution in [-0.2, 0) is 19.6 Å². The molecule has 3 aromatic rings. The minimum absolute atomic E-state index is 0.134. The summed E-state index contributed by atoms with van der Waals surface area (Å²) in [6, 6.07) is 21.1. The molecule has 0 unspecified atom stereocenters. The summed E-state index contributed by atoms with van der Waals surface area (Å²) in [5.41, 5.74) is 3.04. The lowest BCUT2D eigenvalue weighted by Gasteiger charge is -2.34. The van der Waals surface area contributed by atoms with Crippen LogP contribution in [0.25, 0.3) is 0 Å². The molecule has 1 atom stereocenters. The molecule has 2 heterocycles. The van der Waals surface area contributed by atoms with Gasteiger partial charge in [-0.2, -0.15) is 0 Å². The first-order valence-corrected chi connectivity index (χ1v) is 12.9. The highest BCUT2D eigenvalue weighted by Gasteiger charge is 2.37. The number of nitrogens with zero attached hydrogens (tertiary/aromatic N) is 2. The van der Waals surface area contributed by atoms with Gasteiger partial charge in [0.1, 0.15) is 5.75 Å². The van der Waals surface area contributed by atoms with Gasteiger partial charge in [0.15, 0.2) is 6.10 Å². The van der Waals surface area contributed by atoms with E-state index in [1.54, 1.807) is 48.5 Å². The number of fused-ring (bicyclic) bond motifs is 1. The second kappa shape index (κ2) is 9.59. The van der Waals surface area contributed by atoms with E-state index in [1.165, 1.54) is 4.31 Å². The third-order valence-corrected chi connectivity index (χ3v) is 7.94. The number of morpholine rings is 1. The average Bonchev–Trinajstić information content (AvgIpc) is 2.89. The maximum Gasteiger partial charge on any atom is 0.267 e. The van der Waals surface area contributed by atoms with Gasteiger partial charge in [-0.1, -0.05) is 29.8 Å². The molecule has 2 aliphatic heterocycles. The lowest BCUT2D eigenvalue weighted by molar-refractivity contribution is -0.122. The molecular formula is C26H27N3O5S. The van der Waals surface area contributed by atoms with E-state index in [-0.39, 0.29) is 11.4 Å². The van der Waals surface area contributed by atoms with Crippen LogP contribution in [0.1, 0.15) is 5.56 Å². The van der Waals surface area contributed by atoms with Crippen molar-refractivity contribution in [3.63, 3.8) is 0 Å². The molecule has 0 aromatic heterocycles. The van der Waals surface area contributed by atoms with E-state index in [0.29, 0.717) is 30.3 Å². The van der Waals surface area contributed by atoms with Crippen molar-refractivity contribution in [3.05, 3.63) is 78.4 Å².